The zero-order valence-corrected chi connectivity index (χ0v) is 13.9. The minimum absolute atomic E-state index is 0. The molecule has 0 spiro atoms. The van der Waals surface area contributed by atoms with Crippen LogP contribution in [0.4, 0.5) is 0 Å². The summed E-state index contributed by atoms with van der Waals surface area (Å²) in [5, 5.41) is 6.29. The van der Waals surface area contributed by atoms with Crippen molar-refractivity contribution in [2.24, 2.45) is 0 Å². The second-order valence-corrected chi connectivity index (χ2v) is 5.44. The molecule has 1 unspecified atom stereocenters. The molecular formula is C18H21ClN2O2. The molecule has 1 amide bonds. The highest BCUT2D eigenvalue weighted by molar-refractivity contribution is 5.85. The molecule has 0 aliphatic carbocycles. The highest BCUT2D eigenvalue weighted by atomic mass is 35.5. The Morgan fingerprint density at radius 3 is 2.65 bits per heavy atom. The summed E-state index contributed by atoms with van der Waals surface area (Å²) in [4.78, 5) is 12.4. The van der Waals surface area contributed by atoms with Crippen LogP contribution in [0.1, 0.15) is 16.7 Å². The Morgan fingerprint density at radius 1 is 1.17 bits per heavy atom. The van der Waals surface area contributed by atoms with Crippen molar-refractivity contribution in [1.29, 1.82) is 0 Å². The maximum atomic E-state index is 12.4. The molecule has 0 saturated carbocycles. The Kier molecular flexibility index (Phi) is 6.02. The first-order chi connectivity index (χ1) is 10.8. The minimum atomic E-state index is -0.176. The summed E-state index contributed by atoms with van der Waals surface area (Å²) >= 11 is 0. The zero-order valence-electron chi connectivity index (χ0n) is 13.0. The molecule has 1 aliphatic rings. The molecule has 23 heavy (non-hydrogen) atoms. The van der Waals surface area contributed by atoms with Crippen LogP contribution >= 0.6 is 12.4 Å². The molecule has 2 aromatic rings. The van der Waals surface area contributed by atoms with Crippen LogP contribution in [-0.4, -0.2) is 19.1 Å². The number of carbonyl (C=O) groups is 1. The largest absolute Gasteiger partial charge is 0.496 e. The first kappa shape index (κ1) is 17.3. The lowest BCUT2D eigenvalue weighted by Crippen LogP contribution is -2.47. The third-order valence-corrected chi connectivity index (χ3v) is 4.04. The van der Waals surface area contributed by atoms with Crippen LogP contribution in [0, 0.1) is 0 Å². The summed E-state index contributed by atoms with van der Waals surface area (Å²) in [5.41, 5.74) is 3.50. The van der Waals surface area contributed by atoms with Crippen molar-refractivity contribution in [2.45, 2.75) is 25.6 Å². The second kappa shape index (κ2) is 7.99. The van der Waals surface area contributed by atoms with Crippen molar-refractivity contribution < 1.29 is 9.53 Å². The number of amides is 1. The van der Waals surface area contributed by atoms with E-state index in [2.05, 4.69) is 22.8 Å². The molecule has 4 nitrogen and oxygen atoms in total. The average Bonchev–Trinajstić information content (AvgIpc) is 2.59. The zero-order chi connectivity index (χ0) is 15.4. The van der Waals surface area contributed by atoms with Crippen LogP contribution in [0.25, 0.3) is 0 Å². The van der Waals surface area contributed by atoms with Gasteiger partial charge in [-0.2, -0.15) is 0 Å². The number of nitrogens with one attached hydrogen (secondary N) is 2. The first-order valence-corrected chi connectivity index (χ1v) is 7.47. The van der Waals surface area contributed by atoms with E-state index in [1.165, 1.54) is 11.1 Å². The third kappa shape index (κ3) is 4.03. The van der Waals surface area contributed by atoms with E-state index >= 15 is 0 Å². The quantitative estimate of drug-likeness (QED) is 0.904. The van der Waals surface area contributed by atoms with E-state index in [-0.39, 0.29) is 24.4 Å². The number of hydrogen-bond donors (Lipinski definition) is 2. The van der Waals surface area contributed by atoms with E-state index in [4.69, 9.17) is 4.74 Å². The first-order valence-electron chi connectivity index (χ1n) is 7.47. The van der Waals surface area contributed by atoms with Crippen LogP contribution in [0.15, 0.2) is 48.5 Å². The van der Waals surface area contributed by atoms with Crippen molar-refractivity contribution in [3.8, 4) is 5.75 Å². The van der Waals surface area contributed by atoms with Gasteiger partial charge in [0, 0.05) is 18.7 Å². The fourth-order valence-electron chi connectivity index (χ4n) is 2.79. The number of carbonyl (C=O) groups excluding carboxylic acids is 1. The Hall–Kier alpha value is -2.04. The summed E-state index contributed by atoms with van der Waals surface area (Å²) in [5.74, 6) is 0.824. The van der Waals surface area contributed by atoms with E-state index in [0.717, 1.165) is 24.3 Å². The number of fused-ring (bicyclic) bond motifs is 1. The minimum Gasteiger partial charge on any atom is -0.496 e. The molecule has 2 N–H and O–H groups in total. The molecule has 5 heteroatoms. The average molecular weight is 333 g/mol. The van der Waals surface area contributed by atoms with Gasteiger partial charge >= 0.3 is 0 Å². The lowest BCUT2D eigenvalue weighted by molar-refractivity contribution is -0.123. The molecule has 0 radical (unpaired) electrons. The van der Waals surface area contributed by atoms with Gasteiger partial charge in [0.05, 0.1) is 13.2 Å². The highest BCUT2D eigenvalue weighted by Gasteiger charge is 2.23. The van der Waals surface area contributed by atoms with E-state index in [0.29, 0.717) is 6.54 Å². The summed E-state index contributed by atoms with van der Waals surface area (Å²) in [6, 6.07) is 15.8. The van der Waals surface area contributed by atoms with Gasteiger partial charge in [0.2, 0.25) is 5.91 Å². The Bertz CT molecular complexity index is 676. The topological polar surface area (TPSA) is 50.4 Å². The second-order valence-electron chi connectivity index (χ2n) is 5.44. The van der Waals surface area contributed by atoms with Crippen molar-refractivity contribution in [2.75, 3.05) is 7.11 Å². The number of ether oxygens (including phenoxy) is 1. The molecule has 1 atom stereocenters. The van der Waals surface area contributed by atoms with E-state index in [9.17, 15) is 4.79 Å². The molecule has 3 rings (SSSR count). The van der Waals surface area contributed by atoms with Gasteiger partial charge in [-0.3, -0.25) is 4.79 Å². The molecular weight excluding hydrogens is 312 g/mol. The number of hydrogen-bond acceptors (Lipinski definition) is 3. The van der Waals surface area contributed by atoms with Crippen molar-refractivity contribution in [3.63, 3.8) is 0 Å². The maximum absolute atomic E-state index is 12.4. The Labute approximate surface area is 142 Å². The van der Waals surface area contributed by atoms with Gasteiger partial charge in [-0.1, -0.05) is 42.5 Å². The fraction of sp³-hybridized carbons (Fsp3) is 0.278. The molecule has 1 heterocycles. The molecule has 0 aromatic heterocycles. The summed E-state index contributed by atoms with van der Waals surface area (Å²) in [6.07, 6.45) is 0.730. The number of halogens is 1. The molecule has 0 saturated heterocycles. The molecule has 2 aromatic carbocycles. The number of rotatable bonds is 4. The van der Waals surface area contributed by atoms with Gasteiger partial charge in [-0.15, -0.1) is 12.4 Å². The Balaban J connectivity index is 0.00000192. The van der Waals surface area contributed by atoms with Crippen LogP contribution in [0.2, 0.25) is 0 Å². The monoisotopic (exact) mass is 332 g/mol. The molecule has 0 fully saturated rings. The smallest absolute Gasteiger partial charge is 0.237 e. The van der Waals surface area contributed by atoms with Crippen LogP contribution in [0.5, 0.6) is 5.75 Å². The SMILES string of the molecule is COc1ccccc1CNC(=O)C1Cc2ccccc2CN1.Cl. The van der Waals surface area contributed by atoms with E-state index in [1.54, 1.807) is 7.11 Å². The van der Waals surface area contributed by atoms with Gasteiger partial charge in [0.1, 0.15) is 5.75 Å². The normalized spacial score (nSPS) is 16.0. The van der Waals surface area contributed by atoms with Crippen LogP contribution in [-0.2, 0) is 24.3 Å². The van der Waals surface area contributed by atoms with Crippen molar-refractivity contribution >= 4 is 18.3 Å². The van der Waals surface area contributed by atoms with Gasteiger partial charge < -0.3 is 15.4 Å². The fourth-order valence-corrected chi connectivity index (χ4v) is 2.79. The number of benzene rings is 2. The van der Waals surface area contributed by atoms with Gasteiger partial charge in [-0.25, -0.2) is 0 Å². The predicted octanol–water partition coefficient (Wildman–Crippen LogP) is 2.45. The van der Waals surface area contributed by atoms with Crippen LogP contribution in [0.3, 0.4) is 0 Å². The molecule has 122 valence electrons. The van der Waals surface area contributed by atoms with E-state index < -0.39 is 0 Å². The summed E-state index contributed by atoms with van der Waals surface area (Å²) < 4.78 is 5.30. The van der Waals surface area contributed by atoms with Gasteiger partial charge in [-0.05, 0) is 23.6 Å². The van der Waals surface area contributed by atoms with Gasteiger partial charge in [0.15, 0.2) is 0 Å². The standard InChI is InChI=1S/C18H20N2O2.ClH/c1-22-17-9-5-4-8-15(17)12-20-18(21)16-10-13-6-2-3-7-14(13)11-19-16;/h2-9,16,19H,10-12H2,1H3,(H,20,21);1H. The summed E-state index contributed by atoms with van der Waals surface area (Å²) in [7, 11) is 1.64. The predicted molar refractivity (Wildman–Crippen MR) is 92.9 cm³/mol. The maximum Gasteiger partial charge on any atom is 0.237 e. The van der Waals surface area contributed by atoms with E-state index in [1.807, 2.05) is 36.4 Å². The van der Waals surface area contributed by atoms with Crippen molar-refractivity contribution in [3.05, 3.63) is 65.2 Å². The molecule has 1 aliphatic heterocycles. The third-order valence-electron chi connectivity index (χ3n) is 4.04. The highest BCUT2D eigenvalue weighted by Crippen LogP contribution is 2.18. The van der Waals surface area contributed by atoms with Crippen LogP contribution < -0.4 is 15.4 Å². The molecule has 0 bridgehead atoms. The number of methoxy groups -OCH3 is 1. The Morgan fingerprint density at radius 2 is 1.87 bits per heavy atom. The lowest BCUT2D eigenvalue weighted by Gasteiger charge is -2.25. The number of para-hydroxylation sites is 1. The van der Waals surface area contributed by atoms with Gasteiger partial charge in [0.25, 0.3) is 0 Å². The van der Waals surface area contributed by atoms with Crippen molar-refractivity contribution in [1.82, 2.24) is 10.6 Å². The summed E-state index contributed by atoms with van der Waals surface area (Å²) in [6.45, 7) is 1.21. The lowest BCUT2D eigenvalue weighted by atomic mass is 9.95.